The molecule has 6 rings (SSSR count). The smallest absolute Gasteiger partial charge is 0.271 e. The normalized spacial score (nSPS) is 16.8. The lowest BCUT2D eigenvalue weighted by Gasteiger charge is -2.36. The number of benzene rings is 3. The molecular weight excluding hydrogens is 555 g/mol. The Labute approximate surface area is 255 Å². The summed E-state index contributed by atoms with van der Waals surface area (Å²) in [4.78, 5) is 28.5. The van der Waals surface area contributed by atoms with Crippen molar-refractivity contribution in [1.82, 2.24) is 14.7 Å². The fourth-order valence-electron chi connectivity index (χ4n) is 5.81. The number of aromatic nitrogens is 2. The highest BCUT2D eigenvalue weighted by Gasteiger charge is 2.40. The molecule has 2 heterocycles. The molecule has 44 heavy (non-hydrogen) atoms. The number of hydrogen-bond donors (Lipinski definition) is 0. The van der Waals surface area contributed by atoms with Crippen molar-refractivity contribution in [2.24, 2.45) is 0 Å². The molecule has 1 fully saturated rings. The molecule has 1 aliphatic heterocycles. The van der Waals surface area contributed by atoms with Crippen molar-refractivity contribution in [1.29, 1.82) is 5.26 Å². The van der Waals surface area contributed by atoms with Crippen LogP contribution in [0.2, 0.25) is 0 Å². The molecule has 4 aromatic rings. The largest absolute Gasteiger partial charge is 0.489 e. The van der Waals surface area contributed by atoms with Crippen LogP contribution in [0.3, 0.4) is 0 Å². The summed E-state index contributed by atoms with van der Waals surface area (Å²) in [5.74, 6) is -0.532. The molecule has 0 spiro atoms. The van der Waals surface area contributed by atoms with Crippen LogP contribution in [0.5, 0.6) is 5.75 Å². The molecule has 0 atom stereocenters. The average Bonchev–Trinajstić information content (AvgIpc) is 3.48. The molecule has 2 amide bonds. The second kappa shape index (κ2) is 12.5. The van der Waals surface area contributed by atoms with Crippen molar-refractivity contribution in [3.63, 3.8) is 0 Å². The van der Waals surface area contributed by atoms with E-state index in [0.29, 0.717) is 34.8 Å². The first kappa shape index (κ1) is 28.8. The van der Waals surface area contributed by atoms with Gasteiger partial charge in [-0.15, -0.1) is 0 Å². The second-order valence-corrected chi connectivity index (χ2v) is 11.1. The molecule has 0 unspecified atom stereocenters. The maximum absolute atomic E-state index is 13.9. The van der Waals surface area contributed by atoms with E-state index in [4.69, 9.17) is 9.84 Å². The Kier molecular flexibility index (Phi) is 8.20. The first-order valence-electron chi connectivity index (χ1n) is 14.8. The van der Waals surface area contributed by atoms with Crippen LogP contribution >= 0.6 is 0 Å². The number of carbonyl (C=O) groups is 2. The predicted molar refractivity (Wildman–Crippen MR) is 165 cm³/mol. The number of nitrogens with zero attached hydrogens (tertiary/aromatic N) is 4. The Hall–Kier alpha value is -5.29. The summed E-state index contributed by atoms with van der Waals surface area (Å²) in [7, 11) is 0. The zero-order chi connectivity index (χ0) is 30.6. The number of hydrogen-bond acceptors (Lipinski definition) is 5. The highest BCUT2D eigenvalue weighted by atomic mass is 19.1. The third-order valence-electron chi connectivity index (χ3n) is 8.22. The quantitative estimate of drug-likeness (QED) is 0.169. The zero-order valence-electron chi connectivity index (χ0n) is 24.4. The van der Waals surface area contributed by atoms with Crippen LogP contribution < -0.4 is 4.74 Å². The van der Waals surface area contributed by atoms with Crippen molar-refractivity contribution in [3.05, 3.63) is 119 Å². The summed E-state index contributed by atoms with van der Waals surface area (Å²) >= 11 is 0. The molecule has 0 radical (unpaired) electrons. The molecule has 1 saturated carbocycles. The van der Waals surface area contributed by atoms with E-state index in [1.165, 1.54) is 17.0 Å². The maximum Gasteiger partial charge on any atom is 0.271 e. The van der Waals surface area contributed by atoms with E-state index < -0.39 is 5.91 Å². The van der Waals surface area contributed by atoms with Crippen molar-refractivity contribution in [2.75, 3.05) is 0 Å². The third-order valence-corrected chi connectivity index (χ3v) is 8.22. The van der Waals surface area contributed by atoms with Gasteiger partial charge in [0.1, 0.15) is 29.8 Å². The van der Waals surface area contributed by atoms with Crippen molar-refractivity contribution < 1.29 is 18.7 Å². The van der Waals surface area contributed by atoms with Gasteiger partial charge >= 0.3 is 0 Å². The van der Waals surface area contributed by atoms with Gasteiger partial charge in [0.15, 0.2) is 0 Å². The van der Waals surface area contributed by atoms with Gasteiger partial charge in [-0.05, 0) is 85.5 Å². The van der Waals surface area contributed by atoms with Crippen LogP contribution in [0.25, 0.3) is 23.0 Å². The number of nitriles is 1. The van der Waals surface area contributed by atoms with Crippen LogP contribution in [-0.2, 0) is 16.2 Å². The van der Waals surface area contributed by atoms with Crippen LogP contribution in [0.4, 0.5) is 4.39 Å². The summed E-state index contributed by atoms with van der Waals surface area (Å²) in [6.45, 7) is 1.96. The minimum Gasteiger partial charge on any atom is -0.489 e. The van der Waals surface area contributed by atoms with Crippen molar-refractivity contribution in [2.45, 2.75) is 51.7 Å². The number of ether oxygens (including phenoxy) is 1. The van der Waals surface area contributed by atoms with Gasteiger partial charge in [-0.3, -0.25) is 14.5 Å². The Morgan fingerprint density at radius 3 is 2.34 bits per heavy atom. The van der Waals surface area contributed by atoms with E-state index in [9.17, 15) is 19.2 Å². The van der Waals surface area contributed by atoms with Crippen LogP contribution in [0.1, 0.15) is 50.2 Å². The topological polar surface area (TPSA) is 88.2 Å². The number of imide groups is 1. The maximum atomic E-state index is 13.9. The van der Waals surface area contributed by atoms with Gasteiger partial charge in [-0.1, -0.05) is 49.6 Å². The van der Waals surface area contributed by atoms with Crippen LogP contribution in [-0.4, -0.2) is 32.5 Å². The predicted octanol–water partition coefficient (Wildman–Crippen LogP) is 7.18. The summed E-state index contributed by atoms with van der Waals surface area (Å²) < 4.78 is 20.9. The van der Waals surface area contributed by atoms with E-state index in [0.717, 1.165) is 48.9 Å². The molecule has 7 nitrogen and oxygen atoms in total. The summed E-state index contributed by atoms with van der Waals surface area (Å²) in [5.41, 5.74) is 4.49. The lowest BCUT2D eigenvalue weighted by Crippen LogP contribution is -2.49. The minimum absolute atomic E-state index is 0.00100. The van der Waals surface area contributed by atoms with Crippen molar-refractivity contribution in [3.8, 4) is 28.8 Å². The van der Waals surface area contributed by atoms with E-state index >= 15 is 0 Å². The van der Waals surface area contributed by atoms with Gasteiger partial charge in [-0.25, -0.2) is 9.07 Å². The monoisotopic (exact) mass is 586 g/mol. The number of rotatable bonds is 7. The fraction of sp³-hybridized carbons (Fsp3) is 0.222. The molecule has 0 bridgehead atoms. The van der Waals surface area contributed by atoms with Gasteiger partial charge in [0.05, 0.1) is 11.4 Å². The first-order chi connectivity index (χ1) is 21.4. The molecule has 1 aromatic heterocycles. The first-order valence-corrected chi connectivity index (χ1v) is 14.8. The molecule has 0 saturated heterocycles. The standard InChI is InChI=1S/C36H31FN4O3/c1-24-32(35(42)41(36(43)33(24)21-38)30-10-6-3-7-11-30)20-27-22-40(29-8-4-2-5-9-29)39-34(27)26-14-18-31(19-15-26)44-23-25-12-16-28(37)17-13-25/h2,4-5,8-9,12-20,22,30H,3,6-7,10-11,23H2,1H3/b32-20+. The fourth-order valence-corrected chi connectivity index (χ4v) is 5.81. The zero-order valence-corrected chi connectivity index (χ0v) is 24.4. The van der Waals surface area contributed by atoms with E-state index in [1.807, 2.05) is 60.8 Å². The molecule has 1 aliphatic carbocycles. The molecule has 220 valence electrons. The Morgan fingerprint density at radius 2 is 1.66 bits per heavy atom. The summed E-state index contributed by atoms with van der Waals surface area (Å²) in [5, 5.41) is 14.8. The summed E-state index contributed by atoms with van der Waals surface area (Å²) in [6, 6.07) is 25.1. The Balaban J connectivity index is 1.38. The van der Waals surface area contributed by atoms with Gasteiger partial charge in [0, 0.05) is 28.9 Å². The third kappa shape index (κ3) is 5.82. The second-order valence-electron chi connectivity index (χ2n) is 11.1. The van der Waals surface area contributed by atoms with E-state index in [-0.39, 0.29) is 23.3 Å². The summed E-state index contributed by atoms with van der Waals surface area (Å²) in [6.07, 6.45) is 8.06. The van der Waals surface area contributed by atoms with E-state index in [1.54, 1.807) is 29.8 Å². The SMILES string of the molecule is CC1=C(C#N)C(=O)N(C2CCCCC2)C(=O)/C1=C/c1cn(-c2ccccc2)nc1-c1ccc(OCc2ccc(F)cc2)cc1. The molecule has 3 aromatic carbocycles. The lowest BCUT2D eigenvalue weighted by atomic mass is 9.88. The number of para-hydroxylation sites is 1. The van der Waals surface area contributed by atoms with Gasteiger partial charge < -0.3 is 4.74 Å². The number of carbonyl (C=O) groups excluding carboxylic acids is 2. The van der Waals surface area contributed by atoms with Crippen molar-refractivity contribution >= 4 is 17.9 Å². The average molecular weight is 587 g/mol. The van der Waals surface area contributed by atoms with Gasteiger partial charge in [0.2, 0.25) is 0 Å². The molecular formula is C36H31FN4O3. The van der Waals surface area contributed by atoms with Crippen LogP contribution in [0, 0.1) is 17.1 Å². The van der Waals surface area contributed by atoms with Gasteiger partial charge in [-0.2, -0.15) is 10.4 Å². The minimum atomic E-state index is -0.504. The number of halogens is 1. The lowest BCUT2D eigenvalue weighted by molar-refractivity contribution is -0.143. The highest BCUT2D eigenvalue weighted by molar-refractivity contribution is 6.20. The van der Waals surface area contributed by atoms with Gasteiger partial charge in [0.25, 0.3) is 11.8 Å². The highest BCUT2D eigenvalue weighted by Crippen LogP contribution is 2.34. The number of amides is 2. The molecule has 2 aliphatic rings. The Morgan fingerprint density at radius 1 is 0.955 bits per heavy atom. The molecule has 0 N–H and O–H groups in total. The Bertz CT molecular complexity index is 1790. The molecule has 8 heteroatoms. The van der Waals surface area contributed by atoms with E-state index in [2.05, 4.69) is 6.07 Å². The van der Waals surface area contributed by atoms with Crippen LogP contribution in [0.15, 0.2) is 102 Å².